The van der Waals surface area contributed by atoms with Gasteiger partial charge in [-0.1, -0.05) is 11.6 Å². The van der Waals surface area contributed by atoms with Gasteiger partial charge in [0.25, 0.3) is 0 Å². The SMILES string of the molecule is N#Cc1cnc(NC2CCOC(C3CC3)C2)c(Cl)c1. The van der Waals surface area contributed by atoms with E-state index in [1.54, 1.807) is 12.3 Å². The molecule has 0 radical (unpaired) electrons. The molecule has 100 valence electrons. The normalized spacial score (nSPS) is 26.7. The Morgan fingerprint density at radius 1 is 1.42 bits per heavy atom. The Morgan fingerprint density at radius 2 is 2.26 bits per heavy atom. The van der Waals surface area contributed by atoms with Gasteiger partial charge in [0.15, 0.2) is 0 Å². The molecule has 5 heteroatoms. The highest BCUT2D eigenvalue weighted by Crippen LogP contribution is 2.38. The molecule has 1 aromatic heterocycles. The van der Waals surface area contributed by atoms with Crippen molar-refractivity contribution in [2.75, 3.05) is 11.9 Å². The van der Waals surface area contributed by atoms with E-state index in [-0.39, 0.29) is 0 Å². The van der Waals surface area contributed by atoms with Gasteiger partial charge in [0.2, 0.25) is 0 Å². The van der Waals surface area contributed by atoms with Gasteiger partial charge in [-0.15, -0.1) is 0 Å². The van der Waals surface area contributed by atoms with Crippen LogP contribution in [0, 0.1) is 17.2 Å². The van der Waals surface area contributed by atoms with Gasteiger partial charge in [-0.25, -0.2) is 4.98 Å². The fourth-order valence-corrected chi connectivity index (χ4v) is 2.78. The van der Waals surface area contributed by atoms with E-state index in [1.165, 1.54) is 12.8 Å². The molecule has 1 aromatic rings. The summed E-state index contributed by atoms with van der Waals surface area (Å²) in [5.41, 5.74) is 0.485. The average molecular weight is 278 g/mol. The Morgan fingerprint density at radius 3 is 2.95 bits per heavy atom. The Bertz CT molecular complexity index is 510. The second-order valence-corrected chi connectivity index (χ2v) is 5.69. The summed E-state index contributed by atoms with van der Waals surface area (Å²) in [6.07, 6.45) is 6.53. The van der Waals surface area contributed by atoms with E-state index in [2.05, 4.69) is 10.3 Å². The van der Waals surface area contributed by atoms with Crippen LogP contribution >= 0.6 is 11.6 Å². The van der Waals surface area contributed by atoms with Crippen LogP contribution in [0.4, 0.5) is 5.82 Å². The van der Waals surface area contributed by atoms with E-state index in [9.17, 15) is 0 Å². The van der Waals surface area contributed by atoms with Crippen molar-refractivity contribution in [2.24, 2.45) is 5.92 Å². The predicted octanol–water partition coefficient (Wildman–Crippen LogP) is 2.98. The molecule has 0 spiro atoms. The molecule has 1 aliphatic heterocycles. The zero-order valence-corrected chi connectivity index (χ0v) is 11.4. The van der Waals surface area contributed by atoms with E-state index in [4.69, 9.17) is 21.6 Å². The summed E-state index contributed by atoms with van der Waals surface area (Å²) >= 11 is 6.13. The quantitative estimate of drug-likeness (QED) is 0.923. The van der Waals surface area contributed by atoms with Crippen LogP contribution in [0.5, 0.6) is 0 Å². The van der Waals surface area contributed by atoms with Crippen molar-refractivity contribution in [3.05, 3.63) is 22.8 Å². The first-order chi connectivity index (χ1) is 9.26. The van der Waals surface area contributed by atoms with Gasteiger partial charge in [-0.05, 0) is 37.7 Å². The third-order valence-electron chi connectivity index (χ3n) is 3.77. The molecule has 1 saturated carbocycles. The van der Waals surface area contributed by atoms with Crippen molar-refractivity contribution in [1.82, 2.24) is 4.98 Å². The van der Waals surface area contributed by atoms with Crippen LogP contribution in [0.25, 0.3) is 0 Å². The molecule has 19 heavy (non-hydrogen) atoms. The molecular weight excluding hydrogens is 262 g/mol. The summed E-state index contributed by atoms with van der Waals surface area (Å²) in [6.45, 7) is 0.798. The number of rotatable bonds is 3. The number of halogens is 1. The first-order valence-electron chi connectivity index (χ1n) is 6.70. The number of hydrogen-bond donors (Lipinski definition) is 1. The lowest BCUT2D eigenvalue weighted by atomic mass is 10.00. The number of nitriles is 1. The first kappa shape index (κ1) is 12.7. The summed E-state index contributed by atoms with van der Waals surface area (Å²) in [5, 5.41) is 12.7. The molecule has 4 nitrogen and oxygen atoms in total. The Labute approximate surface area is 117 Å². The minimum Gasteiger partial charge on any atom is -0.378 e. The Balaban J connectivity index is 1.65. The molecule has 1 N–H and O–H groups in total. The van der Waals surface area contributed by atoms with Crippen LogP contribution in [0.15, 0.2) is 12.3 Å². The topological polar surface area (TPSA) is 57.9 Å². The number of aromatic nitrogens is 1. The Hall–Kier alpha value is -1.31. The van der Waals surface area contributed by atoms with Crippen molar-refractivity contribution in [3.63, 3.8) is 0 Å². The zero-order chi connectivity index (χ0) is 13.2. The van der Waals surface area contributed by atoms with Gasteiger partial charge >= 0.3 is 0 Å². The molecule has 2 heterocycles. The van der Waals surface area contributed by atoms with Gasteiger partial charge in [0.1, 0.15) is 11.9 Å². The summed E-state index contributed by atoms with van der Waals surface area (Å²) < 4.78 is 5.80. The fraction of sp³-hybridized carbons (Fsp3) is 0.571. The van der Waals surface area contributed by atoms with Gasteiger partial charge in [-0.2, -0.15) is 5.26 Å². The van der Waals surface area contributed by atoms with E-state index in [1.807, 2.05) is 6.07 Å². The molecule has 1 saturated heterocycles. The molecular formula is C14H16ClN3O. The standard InChI is InChI=1S/C14H16ClN3O/c15-12-5-9(7-16)8-17-14(12)18-11-3-4-19-13(6-11)10-1-2-10/h5,8,10-11,13H,1-4,6H2,(H,17,18). The highest BCUT2D eigenvalue weighted by atomic mass is 35.5. The summed E-state index contributed by atoms with van der Waals surface area (Å²) in [5.74, 6) is 1.43. The molecule has 2 unspecified atom stereocenters. The maximum absolute atomic E-state index is 8.79. The summed E-state index contributed by atoms with van der Waals surface area (Å²) in [7, 11) is 0. The maximum Gasteiger partial charge on any atom is 0.145 e. The van der Waals surface area contributed by atoms with Crippen molar-refractivity contribution < 1.29 is 4.74 Å². The second-order valence-electron chi connectivity index (χ2n) is 5.28. The number of hydrogen-bond acceptors (Lipinski definition) is 4. The molecule has 2 aliphatic rings. The minimum absolute atomic E-state index is 0.359. The number of anilines is 1. The van der Waals surface area contributed by atoms with Crippen molar-refractivity contribution in [3.8, 4) is 6.07 Å². The van der Waals surface area contributed by atoms with Gasteiger partial charge < -0.3 is 10.1 Å². The van der Waals surface area contributed by atoms with Crippen molar-refractivity contribution in [1.29, 1.82) is 5.26 Å². The van der Waals surface area contributed by atoms with Crippen LogP contribution in [0.1, 0.15) is 31.2 Å². The first-order valence-corrected chi connectivity index (χ1v) is 7.08. The zero-order valence-electron chi connectivity index (χ0n) is 10.6. The number of pyridine rings is 1. The third kappa shape index (κ3) is 2.99. The molecule has 0 bridgehead atoms. The van der Waals surface area contributed by atoms with Gasteiger partial charge in [0, 0.05) is 18.8 Å². The maximum atomic E-state index is 8.79. The summed E-state index contributed by atoms with van der Waals surface area (Å²) in [4.78, 5) is 4.22. The number of ether oxygens (including phenoxy) is 1. The van der Waals surface area contributed by atoms with Crippen LogP contribution in [0.2, 0.25) is 5.02 Å². The molecule has 0 aromatic carbocycles. The largest absolute Gasteiger partial charge is 0.378 e. The molecule has 0 amide bonds. The highest BCUT2D eigenvalue weighted by Gasteiger charge is 2.35. The third-order valence-corrected chi connectivity index (χ3v) is 4.06. The predicted molar refractivity (Wildman–Crippen MR) is 73.1 cm³/mol. The lowest BCUT2D eigenvalue weighted by molar-refractivity contribution is -0.00223. The van der Waals surface area contributed by atoms with Crippen molar-refractivity contribution in [2.45, 2.75) is 37.8 Å². The fourth-order valence-electron chi connectivity index (χ4n) is 2.55. The van der Waals surface area contributed by atoms with Crippen LogP contribution in [-0.2, 0) is 4.74 Å². The number of nitrogens with one attached hydrogen (secondary N) is 1. The monoisotopic (exact) mass is 277 g/mol. The van der Waals surface area contributed by atoms with Crippen LogP contribution in [0.3, 0.4) is 0 Å². The Kier molecular flexibility index (Phi) is 3.58. The van der Waals surface area contributed by atoms with E-state index in [0.29, 0.717) is 28.5 Å². The van der Waals surface area contributed by atoms with E-state index >= 15 is 0 Å². The smallest absolute Gasteiger partial charge is 0.145 e. The molecule has 3 rings (SSSR count). The molecule has 1 aliphatic carbocycles. The minimum atomic E-state index is 0.359. The lowest BCUT2D eigenvalue weighted by Crippen LogP contribution is -2.35. The van der Waals surface area contributed by atoms with E-state index in [0.717, 1.165) is 25.4 Å². The average Bonchev–Trinajstić information content (AvgIpc) is 3.26. The molecule has 2 fully saturated rings. The van der Waals surface area contributed by atoms with E-state index < -0.39 is 0 Å². The van der Waals surface area contributed by atoms with Crippen molar-refractivity contribution >= 4 is 17.4 Å². The highest BCUT2D eigenvalue weighted by molar-refractivity contribution is 6.33. The van der Waals surface area contributed by atoms with Crippen LogP contribution < -0.4 is 5.32 Å². The number of nitrogens with zero attached hydrogens (tertiary/aromatic N) is 2. The summed E-state index contributed by atoms with van der Waals surface area (Å²) in [6, 6.07) is 4.04. The van der Waals surface area contributed by atoms with Gasteiger partial charge in [0.05, 0.1) is 16.7 Å². The second kappa shape index (κ2) is 5.36. The van der Waals surface area contributed by atoms with Crippen LogP contribution in [-0.4, -0.2) is 23.7 Å². The lowest BCUT2D eigenvalue weighted by Gasteiger charge is -2.30. The molecule has 2 atom stereocenters. The van der Waals surface area contributed by atoms with Gasteiger partial charge in [-0.3, -0.25) is 0 Å².